The Hall–Kier alpha value is -3.66. The second-order valence-electron chi connectivity index (χ2n) is 6.24. The molecule has 0 aromatic heterocycles. The van der Waals surface area contributed by atoms with Crippen LogP contribution in [0.5, 0.6) is 11.5 Å². The third-order valence-corrected chi connectivity index (χ3v) is 4.10. The largest absolute Gasteiger partial charge is 0.419 e. The number of carbonyl (C=O) groups is 2. The summed E-state index contributed by atoms with van der Waals surface area (Å²) in [5, 5.41) is 0. The molecule has 0 amide bonds. The molecular formula is C24H20O4. The lowest BCUT2D eigenvalue weighted by Crippen LogP contribution is -2.13. The van der Waals surface area contributed by atoms with Crippen LogP contribution >= 0.6 is 0 Å². The Labute approximate surface area is 164 Å². The monoisotopic (exact) mass is 372 g/mol. The van der Waals surface area contributed by atoms with Crippen molar-refractivity contribution in [3.8, 4) is 11.5 Å². The SMILES string of the molecule is C=CCc1cc(C)c(OC(=O)c2ccccc2)c(OC(=O)c2ccccc2)c1. The summed E-state index contributed by atoms with van der Waals surface area (Å²) in [6.07, 6.45) is 2.36. The van der Waals surface area contributed by atoms with Crippen LogP contribution in [0.3, 0.4) is 0 Å². The minimum Gasteiger partial charge on any atom is -0.419 e. The zero-order valence-electron chi connectivity index (χ0n) is 15.6. The average Bonchev–Trinajstić information content (AvgIpc) is 2.72. The first kappa shape index (κ1) is 19.1. The summed E-state index contributed by atoms with van der Waals surface area (Å²) < 4.78 is 11.2. The van der Waals surface area contributed by atoms with E-state index in [1.54, 1.807) is 67.6 Å². The molecule has 0 heterocycles. The zero-order valence-corrected chi connectivity index (χ0v) is 15.6. The van der Waals surface area contributed by atoms with Crippen LogP contribution < -0.4 is 9.47 Å². The first-order valence-corrected chi connectivity index (χ1v) is 8.87. The van der Waals surface area contributed by atoms with Gasteiger partial charge < -0.3 is 9.47 Å². The lowest BCUT2D eigenvalue weighted by Gasteiger charge is -2.15. The highest BCUT2D eigenvalue weighted by Gasteiger charge is 2.19. The first-order chi connectivity index (χ1) is 13.6. The molecule has 0 spiro atoms. The van der Waals surface area contributed by atoms with Crippen LogP contribution in [0.15, 0.2) is 85.5 Å². The Morgan fingerprint density at radius 1 is 0.857 bits per heavy atom. The van der Waals surface area contributed by atoms with Crippen LogP contribution in [0.25, 0.3) is 0 Å². The van der Waals surface area contributed by atoms with Gasteiger partial charge in [-0.05, 0) is 54.8 Å². The molecular weight excluding hydrogens is 352 g/mol. The molecule has 0 aliphatic carbocycles. The Morgan fingerprint density at radius 2 is 1.39 bits per heavy atom. The second kappa shape index (κ2) is 8.82. The molecule has 3 aromatic carbocycles. The molecule has 0 aliphatic rings. The van der Waals surface area contributed by atoms with Gasteiger partial charge in [-0.1, -0.05) is 48.5 Å². The molecule has 0 unspecified atom stereocenters. The number of carbonyl (C=O) groups excluding carboxylic acids is 2. The van der Waals surface area contributed by atoms with Crippen molar-refractivity contribution in [2.75, 3.05) is 0 Å². The van der Waals surface area contributed by atoms with Crippen molar-refractivity contribution in [3.63, 3.8) is 0 Å². The van der Waals surface area contributed by atoms with Gasteiger partial charge in [0.2, 0.25) is 0 Å². The maximum atomic E-state index is 12.5. The van der Waals surface area contributed by atoms with Gasteiger partial charge in [0.1, 0.15) is 0 Å². The molecule has 4 heteroatoms. The van der Waals surface area contributed by atoms with Crippen LogP contribution in [0, 0.1) is 6.92 Å². The van der Waals surface area contributed by atoms with Gasteiger partial charge in [0, 0.05) is 0 Å². The van der Waals surface area contributed by atoms with Gasteiger partial charge in [-0.15, -0.1) is 6.58 Å². The van der Waals surface area contributed by atoms with Crippen molar-refractivity contribution in [1.82, 2.24) is 0 Å². The number of rotatable bonds is 6. The maximum Gasteiger partial charge on any atom is 0.343 e. The molecule has 0 saturated heterocycles. The predicted molar refractivity (Wildman–Crippen MR) is 108 cm³/mol. The topological polar surface area (TPSA) is 52.6 Å². The third-order valence-electron chi connectivity index (χ3n) is 4.10. The number of aryl methyl sites for hydroxylation is 1. The number of hydrogen-bond donors (Lipinski definition) is 0. The van der Waals surface area contributed by atoms with Gasteiger partial charge in [-0.2, -0.15) is 0 Å². The van der Waals surface area contributed by atoms with Crippen molar-refractivity contribution in [2.45, 2.75) is 13.3 Å². The zero-order chi connectivity index (χ0) is 19.9. The number of allylic oxidation sites excluding steroid dienone is 1. The maximum absolute atomic E-state index is 12.5. The first-order valence-electron chi connectivity index (χ1n) is 8.87. The fourth-order valence-electron chi connectivity index (χ4n) is 2.76. The Morgan fingerprint density at radius 3 is 1.93 bits per heavy atom. The quantitative estimate of drug-likeness (QED) is 0.341. The van der Waals surface area contributed by atoms with Crippen molar-refractivity contribution >= 4 is 11.9 Å². The molecule has 4 nitrogen and oxygen atoms in total. The highest BCUT2D eigenvalue weighted by atomic mass is 16.6. The minimum absolute atomic E-state index is 0.204. The average molecular weight is 372 g/mol. The van der Waals surface area contributed by atoms with E-state index in [9.17, 15) is 9.59 Å². The summed E-state index contributed by atoms with van der Waals surface area (Å²) in [7, 11) is 0. The van der Waals surface area contributed by atoms with E-state index in [1.807, 2.05) is 18.2 Å². The fourth-order valence-corrected chi connectivity index (χ4v) is 2.76. The summed E-state index contributed by atoms with van der Waals surface area (Å²) in [6, 6.07) is 20.9. The molecule has 0 fully saturated rings. The van der Waals surface area contributed by atoms with Gasteiger partial charge >= 0.3 is 11.9 Å². The molecule has 0 bridgehead atoms. The number of benzene rings is 3. The Balaban J connectivity index is 1.94. The standard InChI is InChI=1S/C24H20O4/c1-3-10-18-15-17(2)22(28-24(26)20-13-8-5-9-14-20)21(16-18)27-23(25)19-11-6-4-7-12-19/h3-9,11-16H,1,10H2,2H3. The van der Waals surface area contributed by atoms with Crippen molar-refractivity contribution in [3.05, 3.63) is 108 Å². The lowest BCUT2D eigenvalue weighted by molar-refractivity contribution is 0.0681. The lowest BCUT2D eigenvalue weighted by atomic mass is 10.1. The molecule has 0 atom stereocenters. The molecule has 0 radical (unpaired) electrons. The van der Waals surface area contributed by atoms with E-state index in [0.29, 0.717) is 23.1 Å². The van der Waals surface area contributed by atoms with Crippen LogP contribution in [0.4, 0.5) is 0 Å². The van der Waals surface area contributed by atoms with E-state index < -0.39 is 11.9 Å². The van der Waals surface area contributed by atoms with Gasteiger partial charge in [0.25, 0.3) is 0 Å². The van der Waals surface area contributed by atoms with Gasteiger partial charge in [0.15, 0.2) is 11.5 Å². The third kappa shape index (κ3) is 4.54. The molecule has 3 aromatic rings. The van der Waals surface area contributed by atoms with Gasteiger partial charge in [0.05, 0.1) is 11.1 Å². The summed E-state index contributed by atoms with van der Waals surface area (Å²) in [5.74, 6) is -0.606. The van der Waals surface area contributed by atoms with Crippen molar-refractivity contribution in [1.29, 1.82) is 0 Å². The summed E-state index contributed by atoms with van der Waals surface area (Å²) >= 11 is 0. The normalized spacial score (nSPS) is 10.2. The predicted octanol–water partition coefficient (Wildman–Crippen LogP) is 5.16. The van der Waals surface area contributed by atoms with Crippen molar-refractivity contribution < 1.29 is 19.1 Å². The van der Waals surface area contributed by atoms with Crippen LogP contribution in [-0.4, -0.2) is 11.9 Å². The second-order valence-corrected chi connectivity index (χ2v) is 6.24. The van der Waals surface area contributed by atoms with Crippen LogP contribution in [-0.2, 0) is 6.42 Å². The minimum atomic E-state index is -0.521. The Kier molecular flexibility index (Phi) is 6.02. The molecule has 28 heavy (non-hydrogen) atoms. The molecule has 0 saturated carbocycles. The number of ether oxygens (including phenoxy) is 2. The Bertz CT molecular complexity index is 992. The van der Waals surface area contributed by atoms with E-state index in [1.165, 1.54) is 0 Å². The van der Waals surface area contributed by atoms with Gasteiger partial charge in [-0.3, -0.25) is 0 Å². The molecule has 3 rings (SSSR count). The number of hydrogen-bond acceptors (Lipinski definition) is 4. The van der Waals surface area contributed by atoms with Gasteiger partial charge in [-0.25, -0.2) is 9.59 Å². The summed E-state index contributed by atoms with van der Waals surface area (Å²) in [6.45, 7) is 5.55. The van der Waals surface area contributed by atoms with E-state index in [-0.39, 0.29) is 11.5 Å². The number of esters is 2. The fraction of sp³-hybridized carbons (Fsp3) is 0.0833. The van der Waals surface area contributed by atoms with Crippen molar-refractivity contribution in [2.24, 2.45) is 0 Å². The van der Waals surface area contributed by atoms with E-state index in [4.69, 9.17) is 9.47 Å². The van der Waals surface area contributed by atoms with Crippen LogP contribution in [0.2, 0.25) is 0 Å². The highest BCUT2D eigenvalue weighted by molar-refractivity contribution is 5.93. The molecule has 0 aliphatic heterocycles. The summed E-state index contributed by atoms with van der Waals surface area (Å²) in [5.41, 5.74) is 2.43. The molecule has 0 N–H and O–H groups in total. The van der Waals surface area contributed by atoms with Crippen LogP contribution in [0.1, 0.15) is 31.8 Å². The summed E-state index contributed by atoms with van der Waals surface area (Å²) in [4.78, 5) is 25.0. The molecule has 140 valence electrons. The highest BCUT2D eigenvalue weighted by Crippen LogP contribution is 2.34. The van der Waals surface area contributed by atoms with E-state index in [2.05, 4.69) is 6.58 Å². The van der Waals surface area contributed by atoms with E-state index in [0.717, 1.165) is 5.56 Å². The van der Waals surface area contributed by atoms with E-state index >= 15 is 0 Å². The smallest absolute Gasteiger partial charge is 0.343 e.